The van der Waals surface area contributed by atoms with E-state index in [0.717, 1.165) is 11.0 Å². The van der Waals surface area contributed by atoms with Crippen LogP contribution in [-0.2, 0) is 14.2 Å². The molecule has 0 spiro atoms. The van der Waals surface area contributed by atoms with E-state index >= 15 is 0 Å². The van der Waals surface area contributed by atoms with Gasteiger partial charge in [-0.05, 0) is 39.7 Å². The summed E-state index contributed by atoms with van der Waals surface area (Å²) in [4.78, 5) is 29.4. The zero-order valence-corrected chi connectivity index (χ0v) is 20.1. The molecule has 1 unspecified atom stereocenters. The van der Waals surface area contributed by atoms with Crippen molar-refractivity contribution in [1.29, 1.82) is 0 Å². The van der Waals surface area contributed by atoms with Crippen LogP contribution < -0.4 is 9.64 Å². The van der Waals surface area contributed by atoms with Crippen LogP contribution in [0, 0.1) is 0 Å². The molecule has 3 aliphatic rings. The van der Waals surface area contributed by atoms with Crippen molar-refractivity contribution in [3.8, 4) is 11.5 Å². The number of aromatic hydroxyl groups is 1. The fraction of sp³-hybridized carbons (Fsp3) is 0.478. The number of nitrogens with zero attached hydrogens (tertiary/aromatic N) is 2. The number of hydrogen-bond acceptors (Lipinski definition) is 11. The maximum atomic E-state index is 13.6. The van der Waals surface area contributed by atoms with E-state index in [4.69, 9.17) is 18.9 Å². The SMILES string of the molecule is COc1cc2c(cc1O)C(=O)N1CCC[C@H]1[C@H](OC1(O)OC=C(O)C(O)=C1O)N2C(=O)OC(C)(C)C. The summed E-state index contributed by atoms with van der Waals surface area (Å²) in [5.41, 5.74) is -1.11. The van der Waals surface area contributed by atoms with Crippen LogP contribution in [0.1, 0.15) is 44.0 Å². The van der Waals surface area contributed by atoms with Crippen molar-refractivity contribution in [3.05, 3.63) is 41.2 Å². The van der Waals surface area contributed by atoms with Crippen molar-refractivity contribution in [3.63, 3.8) is 0 Å². The van der Waals surface area contributed by atoms with E-state index < -0.39 is 53.1 Å². The number of fused-ring (bicyclic) bond motifs is 2. The number of methoxy groups -OCH3 is 1. The minimum Gasteiger partial charge on any atom is -0.504 e. The van der Waals surface area contributed by atoms with Gasteiger partial charge in [-0.15, -0.1) is 0 Å². The van der Waals surface area contributed by atoms with E-state index in [9.17, 15) is 35.1 Å². The predicted octanol–water partition coefficient (Wildman–Crippen LogP) is 2.51. The highest BCUT2D eigenvalue weighted by Gasteiger charge is 2.53. The highest BCUT2D eigenvalue weighted by molar-refractivity contribution is 6.06. The molecule has 1 fully saturated rings. The topological polar surface area (TPSA) is 179 Å². The molecule has 0 saturated carbocycles. The fourth-order valence-electron chi connectivity index (χ4n) is 4.31. The molecule has 2 amide bonds. The number of aliphatic hydroxyl groups excluding tert-OH is 3. The number of amides is 2. The van der Waals surface area contributed by atoms with Crippen LogP contribution in [0.3, 0.4) is 0 Å². The summed E-state index contributed by atoms with van der Waals surface area (Å²) in [5, 5.41) is 51.3. The zero-order chi connectivity index (χ0) is 26.6. The lowest BCUT2D eigenvalue weighted by molar-refractivity contribution is -0.351. The van der Waals surface area contributed by atoms with Crippen molar-refractivity contribution in [2.24, 2.45) is 0 Å². The minimum atomic E-state index is -3.04. The highest BCUT2D eigenvalue weighted by atomic mass is 16.8. The Bertz CT molecular complexity index is 1160. The van der Waals surface area contributed by atoms with Gasteiger partial charge in [0, 0.05) is 12.6 Å². The van der Waals surface area contributed by atoms with Gasteiger partial charge < -0.3 is 44.6 Å². The van der Waals surface area contributed by atoms with E-state index in [1.807, 2.05) is 0 Å². The molecular weight excluding hydrogens is 480 g/mol. The van der Waals surface area contributed by atoms with Gasteiger partial charge in [-0.2, -0.15) is 0 Å². The second-order valence-corrected chi connectivity index (χ2v) is 9.51. The first-order valence-electron chi connectivity index (χ1n) is 11.1. The lowest BCUT2D eigenvalue weighted by Gasteiger charge is -2.40. The van der Waals surface area contributed by atoms with Crippen LogP contribution in [0.15, 0.2) is 35.7 Å². The number of ether oxygens (including phenoxy) is 4. The Morgan fingerprint density at radius 2 is 1.89 bits per heavy atom. The first-order valence-corrected chi connectivity index (χ1v) is 11.1. The largest absolute Gasteiger partial charge is 0.504 e. The van der Waals surface area contributed by atoms with Gasteiger partial charge in [0.2, 0.25) is 11.5 Å². The van der Waals surface area contributed by atoms with E-state index in [0.29, 0.717) is 19.1 Å². The molecule has 5 N–H and O–H groups in total. The van der Waals surface area contributed by atoms with Crippen LogP contribution in [0.5, 0.6) is 11.5 Å². The van der Waals surface area contributed by atoms with Crippen LogP contribution in [0.2, 0.25) is 0 Å². The molecule has 0 radical (unpaired) electrons. The third-order valence-electron chi connectivity index (χ3n) is 5.90. The maximum absolute atomic E-state index is 13.6. The summed E-state index contributed by atoms with van der Waals surface area (Å²) >= 11 is 0. The zero-order valence-electron chi connectivity index (χ0n) is 20.1. The first kappa shape index (κ1) is 25.3. The average molecular weight is 508 g/mol. The Kier molecular flexibility index (Phi) is 6.09. The molecular formula is C23H28N2O11. The van der Waals surface area contributed by atoms with E-state index in [2.05, 4.69) is 0 Å². The fourth-order valence-corrected chi connectivity index (χ4v) is 4.31. The number of hydrogen-bond donors (Lipinski definition) is 5. The molecule has 1 aromatic rings. The standard InChI is InChI=1S/C23H28N2O11/c1-22(2,3)36-21(31)25-13-9-16(33-4)14(26)8-11(13)19(30)24-7-5-6-12(24)20(25)35-23(32)18(29)17(28)15(27)10-34-23/h8-10,12,20,26-29,32H,5-7H2,1-4H3/t12-,20-,23?/m0/s1. The molecule has 0 aromatic heterocycles. The Labute approximate surface area is 206 Å². The third kappa shape index (κ3) is 4.20. The van der Waals surface area contributed by atoms with Gasteiger partial charge in [-0.25, -0.2) is 9.69 Å². The van der Waals surface area contributed by atoms with Gasteiger partial charge in [0.15, 0.2) is 23.5 Å². The van der Waals surface area contributed by atoms with E-state index in [1.165, 1.54) is 18.1 Å². The molecule has 13 heteroatoms. The quantitative estimate of drug-likeness (QED) is 0.379. The molecule has 0 aliphatic carbocycles. The molecule has 196 valence electrons. The Balaban J connectivity index is 1.91. The number of rotatable bonds is 3. The van der Waals surface area contributed by atoms with Gasteiger partial charge in [0.1, 0.15) is 11.9 Å². The van der Waals surface area contributed by atoms with Crippen LogP contribution in [-0.4, -0.2) is 79.9 Å². The molecule has 0 bridgehead atoms. The van der Waals surface area contributed by atoms with Crippen molar-refractivity contribution in [2.45, 2.75) is 57.5 Å². The number of aliphatic hydroxyl groups is 4. The Morgan fingerprint density at radius 1 is 1.19 bits per heavy atom. The van der Waals surface area contributed by atoms with Crippen molar-refractivity contribution < 1.29 is 54.1 Å². The smallest absolute Gasteiger partial charge is 0.417 e. The number of benzene rings is 1. The molecule has 36 heavy (non-hydrogen) atoms. The summed E-state index contributed by atoms with van der Waals surface area (Å²) in [6, 6.07) is 1.53. The molecule has 1 saturated heterocycles. The minimum absolute atomic E-state index is 0.0585. The summed E-state index contributed by atoms with van der Waals surface area (Å²) in [6.07, 6.45) is -1.12. The first-order chi connectivity index (χ1) is 16.8. The molecule has 13 nitrogen and oxygen atoms in total. The summed E-state index contributed by atoms with van der Waals surface area (Å²) in [6.45, 7) is 5.15. The lowest BCUT2D eigenvalue weighted by atomic mass is 10.1. The van der Waals surface area contributed by atoms with E-state index in [1.54, 1.807) is 20.8 Å². The highest BCUT2D eigenvalue weighted by Crippen LogP contribution is 2.43. The van der Waals surface area contributed by atoms with Crippen LogP contribution >= 0.6 is 0 Å². The predicted molar refractivity (Wildman–Crippen MR) is 121 cm³/mol. The molecule has 3 atom stereocenters. The second-order valence-electron chi connectivity index (χ2n) is 9.51. The van der Waals surface area contributed by atoms with Gasteiger partial charge in [0.05, 0.1) is 24.4 Å². The number of carbonyl (C=O) groups is 2. The third-order valence-corrected chi connectivity index (χ3v) is 5.90. The number of carbonyl (C=O) groups excluding carboxylic acids is 2. The maximum Gasteiger partial charge on any atom is 0.417 e. The number of phenols is 1. The summed E-state index contributed by atoms with van der Waals surface area (Å²) in [7, 11) is 1.28. The molecule has 4 rings (SSSR count). The summed E-state index contributed by atoms with van der Waals surface area (Å²) < 4.78 is 21.4. The molecule has 3 aliphatic heterocycles. The molecule has 3 heterocycles. The summed E-state index contributed by atoms with van der Waals surface area (Å²) in [5.74, 6) is -7.20. The normalized spacial score (nSPS) is 26.0. The number of phenolic OH excluding ortho intramolecular Hbond substituents is 1. The Morgan fingerprint density at radius 3 is 2.53 bits per heavy atom. The van der Waals surface area contributed by atoms with Gasteiger partial charge in [-0.1, -0.05) is 0 Å². The van der Waals surface area contributed by atoms with Crippen LogP contribution in [0.25, 0.3) is 0 Å². The monoisotopic (exact) mass is 508 g/mol. The Hall–Kier alpha value is -3.84. The van der Waals surface area contributed by atoms with Crippen molar-refractivity contribution in [2.75, 3.05) is 18.6 Å². The van der Waals surface area contributed by atoms with Crippen LogP contribution in [0.4, 0.5) is 10.5 Å². The van der Waals surface area contributed by atoms with Gasteiger partial charge in [-0.3, -0.25) is 9.53 Å². The van der Waals surface area contributed by atoms with Gasteiger partial charge >= 0.3 is 12.1 Å². The number of anilines is 1. The molecule has 1 aromatic carbocycles. The van der Waals surface area contributed by atoms with Crippen molar-refractivity contribution in [1.82, 2.24) is 4.90 Å². The van der Waals surface area contributed by atoms with Gasteiger partial charge in [0.25, 0.3) is 5.91 Å². The average Bonchev–Trinajstić information content (AvgIpc) is 3.26. The van der Waals surface area contributed by atoms with Crippen molar-refractivity contribution >= 4 is 17.7 Å². The van der Waals surface area contributed by atoms with E-state index in [-0.39, 0.29) is 29.3 Å². The lowest BCUT2D eigenvalue weighted by Crippen LogP contribution is -2.57. The second kappa shape index (κ2) is 8.68.